The van der Waals surface area contributed by atoms with Crippen LogP contribution in [-0.2, 0) is 6.61 Å². The number of nitrogens with zero attached hydrogens (tertiary/aromatic N) is 4. The summed E-state index contributed by atoms with van der Waals surface area (Å²) in [5.41, 5.74) is 0. The van der Waals surface area contributed by atoms with Gasteiger partial charge < -0.3 is 9.47 Å². The Kier molecular flexibility index (Phi) is 3.04. The number of benzene rings is 1. The molecule has 3 aromatic rings. The Morgan fingerprint density at radius 3 is 2.58 bits per heavy atom. The van der Waals surface area contributed by atoms with Gasteiger partial charge in [-0.2, -0.15) is 9.61 Å². The van der Waals surface area contributed by atoms with Crippen LogP contribution in [0.15, 0.2) is 24.3 Å². The van der Waals surface area contributed by atoms with Gasteiger partial charge in [-0.3, -0.25) is 0 Å². The van der Waals surface area contributed by atoms with E-state index in [0.29, 0.717) is 6.61 Å². The molecule has 0 aliphatic heterocycles. The van der Waals surface area contributed by atoms with E-state index in [1.807, 2.05) is 31.2 Å². The molecule has 1 aromatic carbocycles. The number of aromatic nitrogens is 4. The molecular formula is C12H12N4O2S. The van der Waals surface area contributed by atoms with E-state index in [9.17, 15) is 0 Å². The van der Waals surface area contributed by atoms with Crippen LogP contribution in [0.4, 0.5) is 0 Å². The molecule has 2 heterocycles. The second-order valence-electron chi connectivity index (χ2n) is 3.90. The van der Waals surface area contributed by atoms with Crippen LogP contribution in [0.5, 0.6) is 11.5 Å². The van der Waals surface area contributed by atoms with Crippen molar-refractivity contribution in [3.05, 3.63) is 35.1 Å². The van der Waals surface area contributed by atoms with E-state index in [-0.39, 0.29) is 0 Å². The fourth-order valence-electron chi connectivity index (χ4n) is 1.63. The molecule has 0 atom stereocenters. The molecule has 98 valence electrons. The zero-order valence-corrected chi connectivity index (χ0v) is 11.3. The predicted molar refractivity (Wildman–Crippen MR) is 70.7 cm³/mol. The molecule has 19 heavy (non-hydrogen) atoms. The lowest BCUT2D eigenvalue weighted by molar-refractivity contribution is 0.303. The summed E-state index contributed by atoms with van der Waals surface area (Å²) in [6.07, 6.45) is 0. The van der Waals surface area contributed by atoms with E-state index in [1.165, 1.54) is 11.3 Å². The Morgan fingerprint density at radius 2 is 1.89 bits per heavy atom. The van der Waals surface area contributed by atoms with Crippen molar-refractivity contribution in [2.75, 3.05) is 7.11 Å². The maximum atomic E-state index is 5.66. The molecule has 7 heteroatoms. The smallest absolute Gasteiger partial charge is 0.234 e. The third kappa shape index (κ3) is 2.37. The van der Waals surface area contributed by atoms with Crippen LogP contribution in [0.25, 0.3) is 4.96 Å². The first-order chi connectivity index (χ1) is 9.26. The molecule has 3 rings (SSSR count). The molecule has 0 aliphatic rings. The van der Waals surface area contributed by atoms with Gasteiger partial charge in [0.05, 0.1) is 7.11 Å². The highest BCUT2D eigenvalue weighted by Gasteiger charge is 2.08. The first-order valence-corrected chi connectivity index (χ1v) is 6.52. The highest BCUT2D eigenvalue weighted by atomic mass is 32.1. The number of methoxy groups -OCH3 is 1. The minimum atomic E-state index is 0.416. The maximum Gasteiger partial charge on any atom is 0.234 e. The largest absolute Gasteiger partial charge is 0.497 e. The molecule has 6 nitrogen and oxygen atoms in total. The van der Waals surface area contributed by atoms with E-state index < -0.39 is 0 Å². The van der Waals surface area contributed by atoms with Crippen molar-refractivity contribution in [3.63, 3.8) is 0 Å². The average Bonchev–Trinajstić information content (AvgIpc) is 2.99. The van der Waals surface area contributed by atoms with Crippen LogP contribution < -0.4 is 9.47 Å². The van der Waals surface area contributed by atoms with Crippen LogP contribution in [-0.4, -0.2) is 26.9 Å². The first-order valence-electron chi connectivity index (χ1n) is 5.71. The second kappa shape index (κ2) is 4.85. The second-order valence-corrected chi connectivity index (χ2v) is 4.94. The number of ether oxygens (including phenoxy) is 2. The van der Waals surface area contributed by atoms with Crippen molar-refractivity contribution in [3.8, 4) is 11.5 Å². The first kappa shape index (κ1) is 11.9. The van der Waals surface area contributed by atoms with Crippen LogP contribution in [0.3, 0.4) is 0 Å². The van der Waals surface area contributed by atoms with Crippen LogP contribution in [0.2, 0.25) is 0 Å². The van der Waals surface area contributed by atoms with Crippen molar-refractivity contribution in [2.45, 2.75) is 13.5 Å². The third-order valence-corrected chi connectivity index (χ3v) is 3.48. The van der Waals surface area contributed by atoms with Gasteiger partial charge in [0.1, 0.15) is 18.1 Å². The van der Waals surface area contributed by atoms with Crippen LogP contribution >= 0.6 is 11.3 Å². The Balaban J connectivity index is 1.70. The number of rotatable bonds is 4. The number of fused-ring (bicyclic) bond motifs is 1. The van der Waals surface area contributed by atoms with Gasteiger partial charge in [-0.05, 0) is 31.2 Å². The summed E-state index contributed by atoms with van der Waals surface area (Å²) in [7, 11) is 1.64. The zero-order valence-electron chi connectivity index (χ0n) is 10.5. The van der Waals surface area contributed by atoms with Crippen molar-refractivity contribution in [2.24, 2.45) is 0 Å². The van der Waals surface area contributed by atoms with Gasteiger partial charge >= 0.3 is 0 Å². The standard InChI is InChI=1S/C12H12N4O2S/c1-8-13-14-12-16(8)15-11(19-12)7-18-10-5-3-9(17-2)4-6-10/h3-6H,7H2,1-2H3. The summed E-state index contributed by atoms with van der Waals surface area (Å²) in [5, 5.41) is 13.2. The molecule has 0 N–H and O–H groups in total. The number of aryl methyl sites for hydroxylation is 1. The van der Waals surface area contributed by atoms with E-state index in [4.69, 9.17) is 9.47 Å². The molecule has 0 spiro atoms. The Bertz CT molecular complexity index is 689. The number of hydrogen-bond donors (Lipinski definition) is 0. The Morgan fingerprint density at radius 1 is 1.16 bits per heavy atom. The molecular weight excluding hydrogens is 264 g/mol. The van der Waals surface area contributed by atoms with E-state index in [1.54, 1.807) is 11.6 Å². The summed E-state index contributed by atoms with van der Waals surface area (Å²) in [6, 6.07) is 7.45. The van der Waals surface area contributed by atoms with Gasteiger partial charge in [0, 0.05) is 0 Å². The summed E-state index contributed by atoms with van der Waals surface area (Å²) in [4.78, 5) is 0.783. The predicted octanol–water partition coefficient (Wildman–Crippen LogP) is 2.08. The molecule has 2 aromatic heterocycles. The lowest BCUT2D eigenvalue weighted by Gasteiger charge is -2.04. The minimum Gasteiger partial charge on any atom is -0.497 e. The van der Waals surface area contributed by atoms with Crippen LogP contribution in [0, 0.1) is 6.92 Å². The molecule has 0 saturated carbocycles. The molecule has 0 amide bonds. The van der Waals surface area contributed by atoms with Gasteiger partial charge in [-0.15, -0.1) is 10.2 Å². The van der Waals surface area contributed by atoms with E-state index >= 15 is 0 Å². The van der Waals surface area contributed by atoms with E-state index in [0.717, 1.165) is 27.3 Å². The highest BCUT2D eigenvalue weighted by molar-refractivity contribution is 7.16. The molecule has 0 aliphatic carbocycles. The normalized spacial score (nSPS) is 10.8. The van der Waals surface area contributed by atoms with Crippen molar-refractivity contribution >= 4 is 16.3 Å². The SMILES string of the molecule is COc1ccc(OCc2nn3c(C)nnc3s2)cc1. The quantitative estimate of drug-likeness (QED) is 0.730. The van der Waals surface area contributed by atoms with Crippen molar-refractivity contribution in [1.29, 1.82) is 0 Å². The number of hydrogen-bond acceptors (Lipinski definition) is 6. The lowest BCUT2D eigenvalue weighted by Crippen LogP contribution is -1.97. The summed E-state index contributed by atoms with van der Waals surface area (Å²) in [6.45, 7) is 2.29. The lowest BCUT2D eigenvalue weighted by atomic mass is 10.3. The minimum absolute atomic E-state index is 0.416. The Labute approximate surface area is 113 Å². The van der Waals surface area contributed by atoms with Gasteiger partial charge in [0.15, 0.2) is 10.8 Å². The third-order valence-electron chi connectivity index (χ3n) is 2.61. The van der Waals surface area contributed by atoms with Gasteiger partial charge in [0.2, 0.25) is 4.96 Å². The molecule has 0 radical (unpaired) electrons. The monoisotopic (exact) mass is 276 g/mol. The fraction of sp³-hybridized carbons (Fsp3) is 0.250. The summed E-state index contributed by atoms with van der Waals surface area (Å²) in [5.74, 6) is 2.37. The topological polar surface area (TPSA) is 61.5 Å². The highest BCUT2D eigenvalue weighted by Crippen LogP contribution is 2.20. The molecule has 0 saturated heterocycles. The van der Waals surface area contributed by atoms with Gasteiger partial charge in [-0.25, -0.2) is 0 Å². The molecule has 0 fully saturated rings. The van der Waals surface area contributed by atoms with Crippen LogP contribution in [0.1, 0.15) is 10.8 Å². The Hall–Kier alpha value is -2.15. The molecule has 0 bridgehead atoms. The average molecular weight is 276 g/mol. The summed E-state index contributed by atoms with van der Waals surface area (Å²) >= 11 is 1.47. The van der Waals surface area contributed by atoms with Gasteiger partial charge in [0.25, 0.3) is 0 Å². The fourth-order valence-corrected chi connectivity index (χ4v) is 2.42. The van der Waals surface area contributed by atoms with Crippen molar-refractivity contribution < 1.29 is 9.47 Å². The van der Waals surface area contributed by atoms with Crippen molar-refractivity contribution in [1.82, 2.24) is 19.8 Å². The maximum absolute atomic E-state index is 5.66. The summed E-state index contributed by atoms with van der Waals surface area (Å²) < 4.78 is 12.5. The zero-order chi connectivity index (χ0) is 13.2. The van der Waals surface area contributed by atoms with Gasteiger partial charge in [-0.1, -0.05) is 11.3 Å². The molecule has 0 unspecified atom stereocenters. The van der Waals surface area contributed by atoms with E-state index in [2.05, 4.69) is 15.3 Å².